The van der Waals surface area contributed by atoms with Crippen molar-refractivity contribution in [2.75, 3.05) is 45.2 Å². The van der Waals surface area contributed by atoms with E-state index in [4.69, 9.17) is 11.6 Å². The Labute approximate surface area is 207 Å². The van der Waals surface area contributed by atoms with E-state index in [1.165, 1.54) is 27.0 Å². The van der Waals surface area contributed by atoms with E-state index >= 15 is 0 Å². The number of thiophene rings is 1. The van der Waals surface area contributed by atoms with Crippen LogP contribution in [-0.2, 0) is 14.8 Å². The zero-order chi connectivity index (χ0) is 23.6. The van der Waals surface area contributed by atoms with Crippen LogP contribution >= 0.6 is 34.3 Å². The summed E-state index contributed by atoms with van der Waals surface area (Å²) in [6.45, 7) is 1.97. The summed E-state index contributed by atoms with van der Waals surface area (Å²) in [7, 11) is 0.410. The molecule has 1 saturated heterocycles. The van der Waals surface area contributed by atoms with Crippen molar-refractivity contribution in [3.05, 3.63) is 40.7 Å². The van der Waals surface area contributed by atoms with Crippen LogP contribution in [0.1, 0.15) is 19.3 Å². The van der Waals surface area contributed by atoms with Crippen LogP contribution in [0.4, 0.5) is 5.13 Å². The average Bonchev–Trinajstić information content (AvgIpc) is 3.47. The number of carbonyl (C=O) groups is 1. The number of sulfonamides is 1. The van der Waals surface area contributed by atoms with Crippen molar-refractivity contribution >= 4 is 65.6 Å². The second kappa shape index (κ2) is 10.4. The Morgan fingerprint density at radius 3 is 2.76 bits per heavy atom. The number of piperidine rings is 1. The topological polar surface area (TPSA) is 73.8 Å². The van der Waals surface area contributed by atoms with Crippen LogP contribution in [0.3, 0.4) is 0 Å². The number of nitrogens with zero attached hydrogens (tertiary/aromatic N) is 4. The summed E-state index contributed by atoms with van der Waals surface area (Å²) >= 11 is 8.97. The zero-order valence-electron chi connectivity index (χ0n) is 18.6. The lowest BCUT2D eigenvalue weighted by atomic mass is 9.98. The number of hydrogen-bond acceptors (Lipinski definition) is 7. The van der Waals surface area contributed by atoms with Crippen LogP contribution in [0.25, 0.3) is 10.2 Å². The molecule has 1 aromatic carbocycles. The van der Waals surface area contributed by atoms with Gasteiger partial charge < -0.3 is 4.90 Å². The first-order valence-corrected chi connectivity index (χ1v) is 14.3. The first-order chi connectivity index (χ1) is 15.8. The molecule has 1 fully saturated rings. The molecule has 1 atom stereocenters. The fraction of sp³-hybridized carbons (Fsp3) is 0.455. The molecule has 11 heteroatoms. The van der Waals surface area contributed by atoms with Crippen LogP contribution < -0.4 is 4.90 Å². The third-order valence-electron chi connectivity index (χ3n) is 5.67. The second-order valence-electron chi connectivity index (χ2n) is 8.36. The number of carbonyl (C=O) groups excluding carboxylic acids is 1. The first kappa shape index (κ1) is 24.6. The minimum absolute atomic E-state index is 0.0741. The highest BCUT2D eigenvalue weighted by atomic mass is 35.5. The summed E-state index contributed by atoms with van der Waals surface area (Å²) in [4.78, 5) is 22.2. The maximum atomic E-state index is 13.7. The summed E-state index contributed by atoms with van der Waals surface area (Å²) in [6.07, 6.45) is 2.09. The number of fused-ring (bicyclic) bond motifs is 1. The molecule has 1 aliphatic rings. The van der Waals surface area contributed by atoms with Gasteiger partial charge in [0.05, 0.1) is 15.6 Å². The molecule has 0 saturated carbocycles. The molecule has 7 nitrogen and oxygen atoms in total. The summed E-state index contributed by atoms with van der Waals surface area (Å²) in [5.41, 5.74) is 0.690. The van der Waals surface area contributed by atoms with Crippen molar-refractivity contribution in [1.29, 1.82) is 0 Å². The average molecular weight is 527 g/mol. The van der Waals surface area contributed by atoms with Crippen molar-refractivity contribution in [3.8, 4) is 0 Å². The fourth-order valence-corrected chi connectivity index (χ4v) is 7.95. The number of amides is 1. The van der Waals surface area contributed by atoms with Gasteiger partial charge in [-0.2, -0.15) is 4.31 Å². The fourth-order valence-electron chi connectivity index (χ4n) is 3.98. The lowest BCUT2D eigenvalue weighted by molar-refractivity contribution is -0.123. The molecule has 0 spiro atoms. The van der Waals surface area contributed by atoms with Gasteiger partial charge in [-0.15, -0.1) is 11.3 Å². The third-order valence-corrected chi connectivity index (χ3v) is 10.3. The number of anilines is 1. The predicted molar refractivity (Wildman–Crippen MR) is 136 cm³/mol. The highest BCUT2D eigenvalue weighted by Gasteiger charge is 2.36. The number of benzene rings is 1. The Kier molecular flexibility index (Phi) is 7.72. The normalized spacial score (nSPS) is 17.6. The van der Waals surface area contributed by atoms with Gasteiger partial charge in [-0.3, -0.25) is 9.69 Å². The van der Waals surface area contributed by atoms with Crippen LogP contribution in [0.5, 0.6) is 0 Å². The Morgan fingerprint density at radius 2 is 2.06 bits per heavy atom. The molecule has 33 heavy (non-hydrogen) atoms. The Bertz CT molecular complexity index is 1210. The molecule has 0 radical (unpaired) electrons. The zero-order valence-corrected chi connectivity index (χ0v) is 21.8. The SMILES string of the molecule is CN(C)CCCN(C(=O)C1CCCN(S(=O)(=O)c2cccs2)C1)c1nc2c(Cl)cccc2s1. The molecule has 0 aliphatic carbocycles. The second-order valence-corrected chi connectivity index (χ2v) is 12.9. The van der Waals surface area contributed by atoms with Crippen molar-refractivity contribution in [3.63, 3.8) is 0 Å². The molecule has 3 aromatic rings. The first-order valence-electron chi connectivity index (χ1n) is 10.8. The minimum Gasteiger partial charge on any atom is -0.309 e. The van der Waals surface area contributed by atoms with E-state index in [0.717, 1.165) is 17.7 Å². The molecular formula is C22H27ClN4O3S3. The minimum atomic E-state index is -3.59. The van der Waals surface area contributed by atoms with Gasteiger partial charge in [-0.05, 0) is 63.5 Å². The van der Waals surface area contributed by atoms with E-state index in [9.17, 15) is 13.2 Å². The number of thiazole rings is 1. The maximum Gasteiger partial charge on any atom is 0.252 e. The molecule has 2 aromatic heterocycles. The summed E-state index contributed by atoms with van der Waals surface area (Å²) in [5.74, 6) is -0.481. The number of para-hydroxylation sites is 1. The standard InChI is InChI=1S/C22H27ClN4O3S3/c1-25(2)11-6-13-27(22-24-20-17(23)8-3-9-18(20)32-22)21(28)16-7-4-12-26(15-16)33(29,30)19-10-5-14-31-19/h3,5,8-10,14,16H,4,6-7,11-13,15H2,1-2H3. The van der Waals surface area contributed by atoms with E-state index in [1.54, 1.807) is 28.5 Å². The molecule has 4 rings (SSSR count). The van der Waals surface area contributed by atoms with Crippen LogP contribution in [0, 0.1) is 5.92 Å². The molecule has 1 amide bonds. The van der Waals surface area contributed by atoms with Crippen molar-refractivity contribution in [2.45, 2.75) is 23.5 Å². The molecule has 1 unspecified atom stereocenters. The van der Waals surface area contributed by atoms with Crippen LogP contribution in [0.15, 0.2) is 39.9 Å². The Hall–Kier alpha value is -1.56. The molecule has 178 valence electrons. The number of halogens is 1. The van der Waals surface area contributed by atoms with E-state index < -0.39 is 15.9 Å². The molecular weight excluding hydrogens is 500 g/mol. The van der Waals surface area contributed by atoms with Gasteiger partial charge in [0.15, 0.2) is 5.13 Å². The van der Waals surface area contributed by atoms with Crippen LogP contribution in [-0.4, -0.2) is 68.8 Å². The summed E-state index contributed by atoms with van der Waals surface area (Å²) in [5, 5.41) is 2.92. The monoisotopic (exact) mass is 526 g/mol. The largest absolute Gasteiger partial charge is 0.309 e. The highest BCUT2D eigenvalue weighted by molar-refractivity contribution is 7.91. The van der Waals surface area contributed by atoms with Gasteiger partial charge in [0.25, 0.3) is 10.0 Å². The van der Waals surface area contributed by atoms with Gasteiger partial charge in [0, 0.05) is 19.6 Å². The maximum absolute atomic E-state index is 13.7. The number of hydrogen-bond donors (Lipinski definition) is 0. The number of aromatic nitrogens is 1. The van der Waals surface area contributed by atoms with E-state index in [-0.39, 0.29) is 12.5 Å². The molecule has 0 bridgehead atoms. The predicted octanol–water partition coefficient (Wildman–Crippen LogP) is 4.40. The van der Waals surface area contributed by atoms with Gasteiger partial charge in [0.2, 0.25) is 5.91 Å². The lowest BCUT2D eigenvalue weighted by Crippen LogP contribution is -2.47. The quantitative estimate of drug-likeness (QED) is 0.435. The van der Waals surface area contributed by atoms with E-state index in [2.05, 4.69) is 9.88 Å². The molecule has 0 N–H and O–H groups in total. The number of rotatable bonds is 8. The Balaban J connectivity index is 1.59. The van der Waals surface area contributed by atoms with Crippen molar-refractivity contribution in [1.82, 2.24) is 14.2 Å². The van der Waals surface area contributed by atoms with Gasteiger partial charge >= 0.3 is 0 Å². The highest BCUT2D eigenvalue weighted by Crippen LogP contribution is 2.35. The molecule has 3 heterocycles. The summed E-state index contributed by atoms with van der Waals surface area (Å²) in [6, 6.07) is 8.96. The van der Waals surface area contributed by atoms with Gasteiger partial charge in [0.1, 0.15) is 9.73 Å². The third kappa shape index (κ3) is 5.41. The Morgan fingerprint density at radius 1 is 1.24 bits per heavy atom. The lowest BCUT2D eigenvalue weighted by Gasteiger charge is -2.33. The van der Waals surface area contributed by atoms with E-state index in [0.29, 0.717) is 45.8 Å². The smallest absolute Gasteiger partial charge is 0.252 e. The van der Waals surface area contributed by atoms with Crippen molar-refractivity contribution < 1.29 is 13.2 Å². The van der Waals surface area contributed by atoms with E-state index in [1.807, 2.05) is 26.2 Å². The summed E-state index contributed by atoms with van der Waals surface area (Å²) < 4.78 is 28.8. The van der Waals surface area contributed by atoms with Gasteiger partial charge in [-0.25, -0.2) is 13.4 Å². The molecule has 1 aliphatic heterocycles. The van der Waals surface area contributed by atoms with Gasteiger partial charge in [-0.1, -0.05) is 35.1 Å². The van der Waals surface area contributed by atoms with Crippen molar-refractivity contribution in [2.24, 2.45) is 5.92 Å². The van der Waals surface area contributed by atoms with Crippen LogP contribution in [0.2, 0.25) is 5.02 Å².